The molecular formula is C16H23NO. The van der Waals surface area contributed by atoms with Gasteiger partial charge in [0.05, 0.1) is 0 Å². The third-order valence-electron chi connectivity index (χ3n) is 3.97. The quantitative estimate of drug-likeness (QED) is 0.718. The fourth-order valence-electron chi connectivity index (χ4n) is 2.69. The van der Waals surface area contributed by atoms with Gasteiger partial charge >= 0.3 is 0 Å². The van der Waals surface area contributed by atoms with Gasteiger partial charge in [0.1, 0.15) is 0 Å². The van der Waals surface area contributed by atoms with Crippen molar-refractivity contribution >= 4 is 5.78 Å². The van der Waals surface area contributed by atoms with E-state index in [2.05, 4.69) is 30.9 Å². The molecule has 0 aromatic heterocycles. The number of hydrogen-bond acceptors (Lipinski definition) is 2. The van der Waals surface area contributed by atoms with Crippen LogP contribution < -0.4 is 0 Å². The van der Waals surface area contributed by atoms with Crippen LogP contribution in [0.3, 0.4) is 0 Å². The van der Waals surface area contributed by atoms with Crippen molar-refractivity contribution < 1.29 is 4.79 Å². The van der Waals surface area contributed by atoms with Gasteiger partial charge in [-0.1, -0.05) is 26.0 Å². The molecule has 98 valence electrons. The first-order valence-electron chi connectivity index (χ1n) is 7.12. The number of carbonyl (C=O) groups excluding carboxylic acids is 1. The van der Waals surface area contributed by atoms with Crippen molar-refractivity contribution in [2.75, 3.05) is 19.6 Å². The van der Waals surface area contributed by atoms with E-state index in [4.69, 9.17) is 0 Å². The van der Waals surface area contributed by atoms with Crippen molar-refractivity contribution in [1.82, 2.24) is 4.90 Å². The highest BCUT2D eigenvalue weighted by molar-refractivity contribution is 5.96. The number of benzene rings is 1. The number of nitrogens with zero attached hydrogens (tertiary/aromatic N) is 1. The Bertz CT molecular complexity index is 421. The third kappa shape index (κ3) is 2.99. The van der Waals surface area contributed by atoms with Crippen molar-refractivity contribution in [3.05, 3.63) is 34.9 Å². The molecule has 0 unspecified atom stereocenters. The maximum atomic E-state index is 12.2. The Morgan fingerprint density at radius 1 is 1.17 bits per heavy atom. The van der Waals surface area contributed by atoms with Gasteiger partial charge in [0.2, 0.25) is 0 Å². The second kappa shape index (κ2) is 6.14. The van der Waals surface area contributed by atoms with E-state index in [-0.39, 0.29) is 5.78 Å². The second-order valence-electron chi connectivity index (χ2n) is 5.04. The van der Waals surface area contributed by atoms with E-state index in [1.165, 1.54) is 24.0 Å². The molecule has 0 aliphatic heterocycles. The molecule has 1 aliphatic carbocycles. The molecule has 0 saturated carbocycles. The van der Waals surface area contributed by atoms with Crippen LogP contribution in [0.1, 0.15) is 48.2 Å². The molecule has 1 aliphatic rings. The van der Waals surface area contributed by atoms with Gasteiger partial charge in [-0.15, -0.1) is 0 Å². The number of ketones is 1. The molecule has 0 spiro atoms. The van der Waals surface area contributed by atoms with Crippen LogP contribution in [0.4, 0.5) is 0 Å². The topological polar surface area (TPSA) is 20.3 Å². The molecule has 0 heterocycles. The van der Waals surface area contributed by atoms with E-state index in [1.54, 1.807) is 0 Å². The molecular weight excluding hydrogens is 222 g/mol. The molecule has 0 radical (unpaired) electrons. The van der Waals surface area contributed by atoms with E-state index in [9.17, 15) is 4.79 Å². The van der Waals surface area contributed by atoms with Crippen LogP contribution in [0.5, 0.6) is 0 Å². The number of aryl methyl sites for hydroxylation is 2. The molecule has 0 bridgehead atoms. The maximum absolute atomic E-state index is 12.2. The molecule has 0 saturated heterocycles. The van der Waals surface area contributed by atoms with Crippen molar-refractivity contribution in [2.45, 2.75) is 39.5 Å². The predicted octanol–water partition coefficient (Wildman–Crippen LogP) is 3.09. The summed E-state index contributed by atoms with van der Waals surface area (Å²) in [6, 6.07) is 6.27. The average Bonchev–Trinajstić information content (AvgIpc) is 2.86. The SMILES string of the molecule is CCN(CC)CCC(=O)c1ccc2c(c1)CCC2. The molecule has 0 amide bonds. The number of rotatable bonds is 6. The summed E-state index contributed by atoms with van der Waals surface area (Å²) >= 11 is 0. The molecule has 1 aromatic rings. The lowest BCUT2D eigenvalue weighted by atomic mass is 10.0. The normalized spacial score (nSPS) is 13.9. The fourth-order valence-corrected chi connectivity index (χ4v) is 2.69. The van der Waals surface area contributed by atoms with Crippen LogP contribution in [0, 0.1) is 0 Å². The zero-order valence-electron chi connectivity index (χ0n) is 11.5. The monoisotopic (exact) mass is 245 g/mol. The molecule has 2 nitrogen and oxygen atoms in total. The molecule has 18 heavy (non-hydrogen) atoms. The summed E-state index contributed by atoms with van der Waals surface area (Å²) in [6.07, 6.45) is 4.21. The highest BCUT2D eigenvalue weighted by Gasteiger charge is 2.14. The van der Waals surface area contributed by atoms with Crippen molar-refractivity contribution in [2.24, 2.45) is 0 Å². The summed E-state index contributed by atoms with van der Waals surface area (Å²) in [4.78, 5) is 14.5. The van der Waals surface area contributed by atoms with E-state index < -0.39 is 0 Å². The lowest BCUT2D eigenvalue weighted by molar-refractivity contribution is 0.0966. The minimum Gasteiger partial charge on any atom is -0.303 e. The second-order valence-corrected chi connectivity index (χ2v) is 5.04. The Morgan fingerprint density at radius 2 is 1.89 bits per heavy atom. The Morgan fingerprint density at radius 3 is 2.61 bits per heavy atom. The summed E-state index contributed by atoms with van der Waals surface area (Å²) in [7, 11) is 0. The maximum Gasteiger partial charge on any atom is 0.164 e. The highest BCUT2D eigenvalue weighted by Crippen LogP contribution is 2.23. The minimum atomic E-state index is 0.289. The van der Waals surface area contributed by atoms with Crippen LogP contribution in [0.15, 0.2) is 18.2 Å². The van der Waals surface area contributed by atoms with E-state index in [0.29, 0.717) is 6.42 Å². The Balaban J connectivity index is 1.97. The van der Waals surface area contributed by atoms with Gasteiger partial charge in [0.15, 0.2) is 5.78 Å². The molecule has 0 atom stereocenters. The molecule has 1 aromatic carbocycles. The van der Waals surface area contributed by atoms with Gasteiger partial charge < -0.3 is 4.90 Å². The summed E-state index contributed by atoms with van der Waals surface area (Å²) in [5, 5.41) is 0. The standard InChI is InChI=1S/C16H23NO/c1-3-17(4-2)11-10-16(18)15-9-8-13-6-5-7-14(13)12-15/h8-9,12H,3-7,10-11H2,1-2H3. The van der Waals surface area contributed by atoms with Crippen molar-refractivity contribution in [3.8, 4) is 0 Å². The van der Waals surface area contributed by atoms with Crippen molar-refractivity contribution in [3.63, 3.8) is 0 Å². The average molecular weight is 245 g/mol. The van der Waals surface area contributed by atoms with E-state index in [1.807, 2.05) is 6.07 Å². The van der Waals surface area contributed by atoms with Gasteiger partial charge in [0.25, 0.3) is 0 Å². The third-order valence-corrected chi connectivity index (χ3v) is 3.97. The van der Waals surface area contributed by atoms with Crippen LogP contribution in [-0.2, 0) is 12.8 Å². The van der Waals surface area contributed by atoms with Crippen LogP contribution >= 0.6 is 0 Å². The number of carbonyl (C=O) groups is 1. The summed E-state index contributed by atoms with van der Waals surface area (Å²) in [5.41, 5.74) is 3.74. The van der Waals surface area contributed by atoms with Gasteiger partial charge in [0, 0.05) is 18.5 Å². The number of fused-ring (bicyclic) bond motifs is 1. The summed E-state index contributed by atoms with van der Waals surface area (Å²) in [6.45, 7) is 7.21. The largest absolute Gasteiger partial charge is 0.303 e. The van der Waals surface area contributed by atoms with Crippen LogP contribution in [0.25, 0.3) is 0 Å². The fraction of sp³-hybridized carbons (Fsp3) is 0.562. The van der Waals surface area contributed by atoms with E-state index >= 15 is 0 Å². The van der Waals surface area contributed by atoms with Gasteiger partial charge in [-0.2, -0.15) is 0 Å². The predicted molar refractivity (Wildman–Crippen MR) is 75.2 cm³/mol. The summed E-state index contributed by atoms with van der Waals surface area (Å²) in [5.74, 6) is 0.289. The first-order valence-corrected chi connectivity index (χ1v) is 7.12. The Kier molecular flexibility index (Phi) is 4.54. The van der Waals surface area contributed by atoms with Gasteiger partial charge in [-0.3, -0.25) is 4.79 Å². The zero-order chi connectivity index (χ0) is 13.0. The lowest BCUT2D eigenvalue weighted by Crippen LogP contribution is -2.25. The van der Waals surface area contributed by atoms with Gasteiger partial charge in [-0.25, -0.2) is 0 Å². The number of Topliss-reactive ketones (excluding diaryl/α,β-unsaturated/α-hetero) is 1. The van der Waals surface area contributed by atoms with E-state index in [0.717, 1.165) is 31.6 Å². The van der Waals surface area contributed by atoms with Crippen LogP contribution in [0.2, 0.25) is 0 Å². The molecule has 0 N–H and O–H groups in total. The minimum absolute atomic E-state index is 0.289. The first kappa shape index (κ1) is 13.3. The summed E-state index contributed by atoms with van der Waals surface area (Å²) < 4.78 is 0. The van der Waals surface area contributed by atoms with Gasteiger partial charge in [-0.05, 0) is 49.5 Å². The Hall–Kier alpha value is -1.15. The van der Waals surface area contributed by atoms with Crippen molar-refractivity contribution in [1.29, 1.82) is 0 Å². The zero-order valence-corrected chi connectivity index (χ0v) is 11.5. The lowest BCUT2D eigenvalue weighted by Gasteiger charge is -2.17. The molecule has 2 heteroatoms. The Labute approximate surface area is 110 Å². The highest BCUT2D eigenvalue weighted by atomic mass is 16.1. The molecule has 2 rings (SSSR count). The smallest absolute Gasteiger partial charge is 0.164 e. The first-order chi connectivity index (χ1) is 8.74. The van der Waals surface area contributed by atoms with Crippen LogP contribution in [-0.4, -0.2) is 30.3 Å². The molecule has 0 fully saturated rings. The number of hydrogen-bond donors (Lipinski definition) is 0.